The van der Waals surface area contributed by atoms with E-state index in [4.69, 9.17) is 9.47 Å². The number of hydrogen-bond acceptors (Lipinski definition) is 4. The number of aliphatic hydroxyl groups excluding tert-OH is 2. The summed E-state index contributed by atoms with van der Waals surface area (Å²) in [6, 6.07) is 0. The minimum atomic E-state index is -0.294. The van der Waals surface area contributed by atoms with Crippen LogP contribution in [-0.4, -0.2) is 45.8 Å². The molecule has 2 heterocycles. The standard InChI is InChI=1S/C10H16O2.C7H12O2/c1-6(2)7-4-8(11)10(3)9(5-7)12-10;1-7-5(8)3-2-4-6(7)9-7/h7-9,11H,1,4-5H2,2-3H3;5-6,8H,2-4H2,1H3/t7-,8+,9-,10+;5-,6+,7-/m01/s1. The van der Waals surface area contributed by atoms with Crippen molar-refractivity contribution in [3.05, 3.63) is 12.2 Å². The van der Waals surface area contributed by atoms with Crippen LogP contribution in [0.1, 0.15) is 52.9 Å². The van der Waals surface area contributed by atoms with Gasteiger partial charge in [-0.3, -0.25) is 0 Å². The molecule has 0 amide bonds. The molecule has 0 aromatic heterocycles. The van der Waals surface area contributed by atoms with Crippen LogP contribution in [0.2, 0.25) is 0 Å². The Kier molecular flexibility index (Phi) is 3.72. The lowest BCUT2D eigenvalue weighted by atomic mass is 9.78. The van der Waals surface area contributed by atoms with Crippen LogP contribution in [-0.2, 0) is 9.47 Å². The Morgan fingerprint density at radius 1 is 1.00 bits per heavy atom. The largest absolute Gasteiger partial charge is 0.390 e. The highest BCUT2D eigenvalue weighted by atomic mass is 16.6. The van der Waals surface area contributed by atoms with Gasteiger partial charge in [-0.05, 0) is 58.8 Å². The smallest absolute Gasteiger partial charge is 0.118 e. The molecule has 4 nitrogen and oxygen atoms in total. The molecule has 0 aromatic carbocycles. The van der Waals surface area contributed by atoms with Crippen molar-refractivity contribution in [2.24, 2.45) is 5.92 Å². The molecule has 120 valence electrons. The molecule has 7 atom stereocenters. The fraction of sp³-hybridized carbons (Fsp3) is 0.882. The van der Waals surface area contributed by atoms with Gasteiger partial charge in [-0.2, -0.15) is 0 Å². The van der Waals surface area contributed by atoms with E-state index in [1.54, 1.807) is 0 Å². The fourth-order valence-corrected chi connectivity index (χ4v) is 3.80. The van der Waals surface area contributed by atoms with Crippen molar-refractivity contribution < 1.29 is 19.7 Å². The second-order valence-electron chi connectivity index (χ2n) is 7.56. The lowest BCUT2D eigenvalue weighted by Gasteiger charge is -2.27. The minimum Gasteiger partial charge on any atom is -0.390 e. The Morgan fingerprint density at radius 3 is 2.14 bits per heavy atom. The molecule has 2 aliphatic carbocycles. The highest BCUT2D eigenvalue weighted by Crippen LogP contribution is 2.50. The van der Waals surface area contributed by atoms with E-state index in [1.165, 1.54) is 5.57 Å². The van der Waals surface area contributed by atoms with Crippen LogP contribution in [0, 0.1) is 5.92 Å². The van der Waals surface area contributed by atoms with Crippen LogP contribution < -0.4 is 0 Å². The summed E-state index contributed by atoms with van der Waals surface area (Å²) < 4.78 is 10.8. The molecule has 0 aromatic rings. The summed E-state index contributed by atoms with van der Waals surface area (Å²) >= 11 is 0. The van der Waals surface area contributed by atoms with Gasteiger partial charge in [0, 0.05) is 0 Å². The van der Waals surface area contributed by atoms with Gasteiger partial charge in [0.05, 0.1) is 24.4 Å². The molecule has 0 unspecified atom stereocenters. The van der Waals surface area contributed by atoms with Gasteiger partial charge in [0.25, 0.3) is 0 Å². The van der Waals surface area contributed by atoms with E-state index in [0.717, 1.165) is 32.1 Å². The van der Waals surface area contributed by atoms with Gasteiger partial charge < -0.3 is 19.7 Å². The number of rotatable bonds is 1. The molecule has 21 heavy (non-hydrogen) atoms. The first kappa shape index (κ1) is 15.5. The first-order valence-corrected chi connectivity index (χ1v) is 8.14. The van der Waals surface area contributed by atoms with Gasteiger partial charge in [-0.1, -0.05) is 12.2 Å². The van der Waals surface area contributed by atoms with Crippen LogP contribution in [0.15, 0.2) is 12.2 Å². The van der Waals surface area contributed by atoms with E-state index < -0.39 is 0 Å². The second-order valence-corrected chi connectivity index (χ2v) is 7.56. The lowest BCUT2D eigenvalue weighted by molar-refractivity contribution is 0.0641. The van der Waals surface area contributed by atoms with Gasteiger partial charge in [-0.15, -0.1) is 0 Å². The van der Waals surface area contributed by atoms with E-state index >= 15 is 0 Å². The van der Waals surface area contributed by atoms with Crippen LogP contribution in [0.5, 0.6) is 0 Å². The van der Waals surface area contributed by atoms with E-state index in [2.05, 4.69) is 6.58 Å². The van der Waals surface area contributed by atoms with Crippen molar-refractivity contribution in [3.63, 3.8) is 0 Å². The predicted octanol–water partition coefficient (Wildman–Crippen LogP) is 2.18. The number of aliphatic hydroxyl groups is 2. The third kappa shape index (κ3) is 2.67. The highest BCUT2D eigenvalue weighted by Gasteiger charge is 2.61. The number of allylic oxidation sites excluding steroid dienone is 1. The van der Waals surface area contributed by atoms with Crippen molar-refractivity contribution in [1.82, 2.24) is 0 Å². The number of hydrogen-bond donors (Lipinski definition) is 2. The van der Waals surface area contributed by atoms with Crippen molar-refractivity contribution >= 4 is 0 Å². The van der Waals surface area contributed by atoms with Gasteiger partial charge in [0.1, 0.15) is 11.2 Å². The third-order valence-electron chi connectivity index (χ3n) is 5.93. The minimum absolute atomic E-state index is 0.141. The molecule has 2 saturated heterocycles. The molecule has 0 radical (unpaired) electrons. The van der Waals surface area contributed by atoms with E-state index in [-0.39, 0.29) is 29.5 Å². The Balaban J connectivity index is 0.000000131. The summed E-state index contributed by atoms with van der Waals surface area (Å²) in [4.78, 5) is 0. The molecular weight excluding hydrogens is 268 g/mol. The van der Waals surface area contributed by atoms with Gasteiger partial charge in [0.2, 0.25) is 0 Å². The maximum absolute atomic E-state index is 9.73. The fourth-order valence-electron chi connectivity index (χ4n) is 3.80. The summed E-state index contributed by atoms with van der Waals surface area (Å²) in [6.45, 7) is 9.95. The summed E-state index contributed by atoms with van der Waals surface area (Å²) in [5.41, 5.74) is 0.816. The average Bonchev–Trinajstić information content (AvgIpc) is 3.27. The van der Waals surface area contributed by atoms with Crippen molar-refractivity contribution in [2.75, 3.05) is 0 Å². The maximum Gasteiger partial charge on any atom is 0.118 e. The zero-order chi connectivity index (χ0) is 15.4. The van der Waals surface area contributed by atoms with Crippen LogP contribution in [0.3, 0.4) is 0 Å². The molecule has 2 aliphatic heterocycles. The molecule has 4 rings (SSSR count). The second kappa shape index (κ2) is 5.05. The summed E-state index contributed by atoms with van der Waals surface area (Å²) in [5, 5.41) is 19.1. The quantitative estimate of drug-likeness (QED) is 0.575. The van der Waals surface area contributed by atoms with Crippen molar-refractivity contribution in [1.29, 1.82) is 0 Å². The first-order valence-electron chi connectivity index (χ1n) is 8.14. The first-order chi connectivity index (χ1) is 9.77. The van der Waals surface area contributed by atoms with Crippen molar-refractivity contribution in [3.8, 4) is 0 Å². The SMILES string of the molecule is C=C(C)[C@H]1C[C@@H](O)[C@@]2(C)O[C@H]2C1.C[C@]12O[C@H]1CCC[C@H]2O. The third-order valence-corrected chi connectivity index (χ3v) is 5.93. The van der Waals surface area contributed by atoms with Crippen LogP contribution in [0.4, 0.5) is 0 Å². The number of ether oxygens (including phenoxy) is 2. The predicted molar refractivity (Wildman–Crippen MR) is 80.0 cm³/mol. The monoisotopic (exact) mass is 296 g/mol. The van der Waals surface area contributed by atoms with Gasteiger partial charge in [0.15, 0.2) is 0 Å². The van der Waals surface area contributed by atoms with E-state index in [0.29, 0.717) is 12.0 Å². The van der Waals surface area contributed by atoms with Gasteiger partial charge >= 0.3 is 0 Å². The summed E-state index contributed by atoms with van der Waals surface area (Å²) in [5.74, 6) is 0.459. The topological polar surface area (TPSA) is 65.5 Å². The van der Waals surface area contributed by atoms with Crippen LogP contribution in [0.25, 0.3) is 0 Å². The highest BCUT2D eigenvalue weighted by molar-refractivity contribution is 5.14. The lowest BCUT2D eigenvalue weighted by Crippen LogP contribution is -2.36. The normalized spacial score (nSPS) is 53.7. The summed E-state index contributed by atoms with van der Waals surface area (Å²) in [7, 11) is 0. The molecule has 0 spiro atoms. The average molecular weight is 296 g/mol. The number of epoxide rings is 2. The Bertz CT molecular complexity index is 437. The summed E-state index contributed by atoms with van der Waals surface area (Å²) in [6.07, 6.45) is 5.23. The maximum atomic E-state index is 9.73. The zero-order valence-corrected chi connectivity index (χ0v) is 13.3. The van der Waals surface area contributed by atoms with Crippen molar-refractivity contribution in [2.45, 2.75) is 88.5 Å². The molecule has 4 aliphatic rings. The van der Waals surface area contributed by atoms with E-state index in [9.17, 15) is 10.2 Å². The molecule has 4 fully saturated rings. The Morgan fingerprint density at radius 2 is 1.62 bits per heavy atom. The Labute approximate surface area is 127 Å². The van der Waals surface area contributed by atoms with Crippen LogP contribution >= 0.6 is 0 Å². The molecule has 4 heteroatoms. The molecular formula is C17H28O4. The Hall–Kier alpha value is -0.420. The molecule has 0 bridgehead atoms. The zero-order valence-electron chi connectivity index (χ0n) is 13.3. The molecule has 2 N–H and O–H groups in total. The number of fused-ring (bicyclic) bond motifs is 2. The van der Waals surface area contributed by atoms with E-state index in [1.807, 2.05) is 20.8 Å². The molecule has 2 saturated carbocycles. The van der Waals surface area contributed by atoms with Gasteiger partial charge in [-0.25, -0.2) is 0 Å².